The minimum Gasteiger partial charge on any atom is -0.492 e. The molecule has 7 heteroatoms. The van der Waals surface area contributed by atoms with Crippen LogP contribution in [-0.4, -0.2) is 33.2 Å². The Morgan fingerprint density at radius 3 is 2.38 bits per heavy atom. The van der Waals surface area contributed by atoms with Crippen LogP contribution in [0.15, 0.2) is 48.5 Å². The zero-order valence-electron chi connectivity index (χ0n) is 16.9. The van der Waals surface area contributed by atoms with Crippen LogP contribution < -0.4 is 14.4 Å². The highest BCUT2D eigenvalue weighted by molar-refractivity contribution is 7.92. The van der Waals surface area contributed by atoms with Crippen LogP contribution in [0, 0.1) is 0 Å². The van der Waals surface area contributed by atoms with Crippen molar-refractivity contribution in [2.45, 2.75) is 45.2 Å². The van der Waals surface area contributed by atoms with Crippen molar-refractivity contribution in [3.05, 3.63) is 59.7 Å². The maximum Gasteiger partial charge on any atom is 0.251 e. The van der Waals surface area contributed by atoms with Gasteiger partial charge in [0, 0.05) is 11.6 Å². The Labute approximate surface area is 172 Å². The summed E-state index contributed by atoms with van der Waals surface area (Å²) in [4.78, 5) is 12.4. The van der Waals surface area contributed by atoms with Crippen LogP contribution in [-0.2, 0) is 16.6 Å². The lowest BCUT2D eigenvalue weighted by molar-refractivity contribution is 0.0938. The summed E-state index contributed by atoms with van der Waals surface area (Å²) in [5.74, 6) is 0.443. The summed E-state index contributed by atoms with van der Waals surface area (Å²) >= 11 is 0. The Morgan fingerprint density at radius 2 is 1.76 bits per heavy atom. The van der Waals surface area contributed by atoms with Gasteiger partial charge in [-0.1, -0.05) is 37.1 Å². The summed E-state index contributed by atoms with van der Waals surface area (Å²) in [6.45, 7) is 2.46. The molecule has 0 heterocycles. The van der Waals surface area contributed by atoms with Gasteiger partial charge in [-0.2, -0.15) is 0 Å². The second-order valence-electron chi connectivity index (χ2n) is 7.32. The lowest BCUT2D eigenvalue weighted by atomic mass is 10.1. The highest BCUT2D eigenvalue weighted by Crippen LogP contribution is 2.31. The van der Waals surface area contributed by atoms with E-state index in [1.54, 1.807) is 42.5 Å². The Bertz CT molecular complexity index is 936. The molecule has 156 valence electrons. The van der Waals surface area contributed by atoms with E-state index in [0.717, 1.165) is 31.2 Å². The van der Waals surface area contributed by atoms with Gasteiger partial charge in [-0.05, 0) is 49.6 Å². The van der Waals surface area contributed by atoms with Gasteiger partial charge in [-0.3, -0.25) is 9.10 Å². The zero-order valence-corrected chi connectivity index (χ0v) is 17.7. The Morgan fingerprint density at radius 1 is 1.10 bits per heavy atom. The lowest BCUT2D eigenvalue weighted by Crippen LogP contribution is -2.32. The van der Waals surface area contributed by atoms with Crippen LogP contribution in [0.25, 0.3) is 0 Å². The third-order valence-corrected chi connectivity index (χ3v) is 6.19. The molecule has 1 N–H and O–H groups in total. The molecule has 0 aromatic heterocycles. The van der Waals surface area contributed by atoms with E-state index in [2.05, 4.69) is 5.32 Å². The quantitative estimate of drug-likeness (QED) is 0.712. The summed E-state index contributed by atoms with van der Waals surface area (Å²) in [6, 6.07) is 14.4. The van der Waals surface area contributed by atoms with E-state index in [9.17, 15) is 13.2 Å². The number of benzene rings is 2. The molecular weight excluding hydrogens is 388 g/mol. The highest BCUT2D eigenvalue weighted by Gasteiger charge is 2.22. The summed E-state index contributed by atoms with van der Waals surface area (Å²) in [6.07, 6.45) is 5.57. The molecule has 1 saturated carbocycles. The Balaban J connectivity index is 1.78. The minimum atomic E-state index is -3.53. The van der Waals surface area contributed by atoms with Gasteiger partial charge >= 0.3 is 0 Å². The fourth-order valence-electron chi connectivity index (χ4n) is 3.59. The third-order valence-electron chi connectivity index (χ3n) is 5.07. The molecule has 0 radical (unpaired) electrons. The Hall–Kier alpha value is -2.54. The number of nitrogens with zero attached hydrogens (tertiary/aromatic N) is 1. The van der Waals surface area contributed by atoms with Crippen molar-refractivity contribution in [2.75, 3.05) is 17.2 Å². The molecule has 0 bridgehead atoms. The number of carbonyl (C=O) groups excluding carboxylic acids is 1. The van der Waals surface area contributed by atoms with E-state index in [4.69, 9.17) is 4.74 Å². The van der Waals surface area contributed by atoms with Gasteiger partial charge < -0.3 is 10.1 Å². The molecule has 2 aromatic carbocycles. The lowest BCUT2D eigenvalue weighted by Gasteiger charge is -2.24. The number of sulfonamides is 1. The normalized spacial score (nSPS) is 14.6. The molecule has 3 rings (SSSR count). The minimum absolute atomic E-state index is 0.0786. The molecule has 1 amide bonds. The number of anilines is 1. The van der Waals surface area contributed by atoms with Gasteiger partial charge in [-0.25, -0.2) is 8.42 Å². The van der Waals surface area contributed by atoms with E-state index in [1.807, 2.05) is 13.0 Å². The number of rotatable bonds is 8. The van der Waals surface area contributed by atoms with E-state index < -0.39 is 10.0 Å². The summed E-state index contributed by atoms with van der Waals surface area (Å²) in [5.41, 5.74) is 1.88. The first kappa shape index (κ1) is 21.2. The first-order chi connectivity index (χ1) is 13.9. The van der Waals surface area contributed by atoms with Crippen LogP contribution >= 0.6 is 0 Å². The first-order valence-electron chi connectivity index (χ1n) is 9.98. The smallest absolute Gasteiger partial charge is 0.251 e. The maximum absolute atomic E-state index is 12.5. The van der Waals surface area contributed by atoms with Crippen LogP contribution in [0.5, 0.6) is 5.75 Å². The number of carbonyl (C=O) groups is 1. The summed E-state index contributed by atoms with van der Waals surface area (Å²) in [7, 11) is -3.53. The largest absolute Gasteiger partial charge is 0.492 e. The topological polar surface area (TPSA) is 75.7 Å². The average molecular weight is 417 g/mol. The molecule has 1 aliphatic carbocycles. The van der Waals surface area contributed by atoms with Crippen molar-refractivity contribution in [1.82, 2.24) is 5.32 Å². The van der Waals surface area contributed by atoms with Crippen LogP contribution in [0.3, 0.4) is 0 Å². The number of nitrogens with one attached hydrogen (secondary N) is 1. The molecule has 6 nitrogen and oxygen atoms in total. The van der Waals surface area contributed by atoms with Crippen LogP contribution in [0.1, 0.15) is 48.5 Å². The molecule has 0 saturated heterocycles. The molecular formula is C22H28N2O4S. The van der Waals surface area contributed by atoms with Crippen LogP contribution in [0.2, 0.25) is 0 Å². The van der Waals surface area contributed by atoms with Gasteiger partial charge in [0.25, 0.3) is 5.91 Å². The van der Waals surface area contributed by atoms with Crippen molar-refractivity contribution in [2.24, 2.45) is 0 Å². The van der Waals surface area contributed by atoms with Crippen molar-refractivity contribution in [3.8, 4) is 5.75 Å². The molecule has 29 heavy (non-hydrogen) atoms. The molecule has 1 fully saturated rings. The van der Waals surface area contributed by atoms with Crippen LogP contribution in [0.4, 0.5) is 5.69 Å². The molecule has 0 aliphatic heterocycles. The highest BCUT2D eigenvalue weighted by atomic mass is 32.2. The molecule has 0 atom stereocenters. The fourth-order valence-corrected chi connectivity index (χ4v) is 4.48. The number of para-hydroxylation sites is 2. The van der Waals surface area contributed by atoms with E-state index in [0.29, 0.717) is 23.6 Å². The van der Waals surface area contributed by atoms with E-state index >= 15 is 0 Å². The van der Waals surface area contributed by atoms with Gasteiger partial charge in [-0.15, -0.1) is 0 Å². The number of hydrogen-bond donors (Lipinski definition) is 1. The van der Waals surface area contributed by atoms with E-state index in [-0.39, 0.29) is 18.5 Å². The molecule has 0 spiro atoms. The number of amides is 1. The third kappa shape index (κ3) is 5.50. The van der Waals surface area contributed by atoms with Gasteiger partial charge in [0.1, 0.15) is 5.75 Å². The predicted molar refractivity (Wildman–Crippen MR) is 115 cm³/mol. The fraction of sp³-hybridized carbons (Fsp3) is 0.409. The second kappa shape index (κ2) is 9.31. The zero-order chi connectivity index (χ0) is 20.9. The predicted octanol–water partition coefficient (Wildman–Crippen LogP) is 3.72. The Kier molecular flexibility index (Phi) is 6.79. The molecule has 1 aliphatic rings. The molecule has 2 aromatic rings. The van der Waals surface area contributed by atoms with Gasteiger partial charge in [0.15, 0.2) is 0 Å². The van der Waals surface area contributed by atoms with Crippen molar-refractivity contribution in [3.63, 3.8) is 0 Å². The van der Waals surface area contributed by atoms with Gasteiger partial charge in [0.05, 0.1) is 25.1 Å². The summed E-state index contributed by atoms with van der Waals surface area (Å²) in [5, 5.41) is 3.07. The number of hydrogen-bond acceptors (Lipinski definition) is 4. The van der Waals surface area contributed by atoms with Crippen molar-refractivity contribution in [1.29, 1.82) is 0 Å². The number of ether oxygens (including phenoxy) is 1. The van der Waals surface area contributed by atoms with Crippen molar-refractivity contribution < 1.29 is 17.9 Å². The maximum atomic E-state index is 12.5. The standard InChI is InChI=1S/C22H28N2O4S/c1-3-28-21-11-7-6-10-20(21)24(29(2,26)27)16-17-12-14-18(15-13-17)22(25)23-19-8-4-5-9-19/h6-7,10-15,19H,3-5,8-9,16H2,1-2H3,(H,23,25). The monoisotopic (exact) mass is 416 g/mol. The molecule has 0 unspecified atom stereocenters. The van der Waals surface area contributed by atoms with Gasteiger partial charge in [0.2, 0.25) is 10.0 Å². The SMILES string of the molecule is CCOc1ccccc1N(Cc1ccc(C(=O)NC2CCCC2)cc1)S(C)(=O)=O. The van der Waals surface area contributed by atoms with Crippen molar-refractivity contribution >= 4 is 21.6 Å². The van der Waals surface area contributed by atoms with E-state index in [1.165, 1.54) is 10.6 Å². The first-order valence-corrected chi connectivity index (χ1v) is 11.8. The summed E-state index contributed by atoms with van der Waals surface area (Å²) < 4.78 is 31.9. The average Bonchev–Trinajstić information content (AvgIpc) is 3.19. The second-order valence-corrected chi connectivity index (χ2v) is 9.23.